The van der Waals surface area contributed by atoms with E-state index in [9.17, 15) is 14.4 Å². The predicted octanol–water partition coefficient (Wildman–Crippen LogP) is 15.6. The first-order chi connectivity index (χ1) is 27.5. The van der Waals surface area contributed by atoms with Gasteiger partial charge in [-0.15, -0.1) is 0 Å². The third kappa shape index (κ3) is 43.0. The molecule has 1 unspecified atom stereocenters. The zero-order valence-corrected chi connectivity index (χ0v) is 37.4. The Bertz CT molecular complexity index is 911. The zero-order valence-electron chi connectivity index (χ0n) is 37.4. The van der Waals surface area contributed by atoms with Gasteiger partial charge >= 0.3 is 17.9 Å². The smallest absolute Gasteiger partial charge is 0.306 e. The quantitative estimate of drug-likeness (QED) is 0.0265. The molecule has 0 saturated carbocycles. The average molecular weight is 789 g/mol. The van der Waals surface area contributed by atoms with Crippen LogP contribution in [0, 0.1) is 0 Å². The Morgan fingerprint density at radius 1 is 0.339 bits per heavy atom. The predicted molar refractivity (Wildman–Crippen MR) is 238 cm³/mol. The van der Waals surface area contributed by atoms with Crippen molar-refractivity contribution in [1.29, 1.82) is 0 Å². The highest BCUT2D eigenvalue weighted by atomic mass is 16.6. The topological polar surface area (TPSA) is 78.9 Å². The Morgan fingerprint density at radius 3 is 0.946 bits per heavy atom. The number of rotatable bonds is 44. The highest BCUT2D eigenvalue weighted by Gasteiger charge is 2.19. The van der Waals surface area contributed by atoms with Crippen LogP contribution in [0.2, 0.25) is 0 Å². The van der Waals surface area contributed by atoms with Gasteiger partial charge in [-0.1, -0.05) is 199 Å². The van der Waals surface area contributed by atoms with Gasteiger partial charge in [0.1, 0.15) is 13.2 Å². The van der Waals surface area contributed by atoms with Crippen molar-refractivity contribution in [1.82, 2.24) is 0 Å². The van der Waals surface area contributed by atoms with Crippen molar-refractivity contribution in [2.24, 2.45) is 0 Å². The van der Waals surface area contributed by atoms with Crippen LogP contribution in [0.25, 0.3) is 0 Å². The van der Waals surface area contributed by atoms with Crippen LogP contribution in [-0.2, 0) is 28.6 Å². The van der Waals surface area contributed by atoms with Gasteiger partial charge in [-0.25, -0.2) is 0 Å². The maximum atomic E-state index is 12.7. The van der Waals surface area contributed by atoms with Crippen molar-refractivity contribution in [2.75, 3.05) is 13.2 Å². The molecule has 0 aliphatic rings. The largest absolute Gasteiger partial charge is 0.462 e. The number of hydrogen-bond acceptors (Lipinski definition) is 6. The minimum atomic E-state index is -0.772. The molecule has 1 atom stereocenters. The van der Waals surface area contributed by atoms with E-state index in [0.717, 1.165) is 77.0 Å². The number of carbonyl (C=O) groups is 3. The molecule has 56 heavy (non-hydrogen) atoms. The van der Waals surface area contributed by atoms with Crippen LogP contribution >= 0.6 is 0 Å². The maximum Gasteiger partial charge on any atom is 0.306 e. The molecular formula is C50H92O6. The molecule has 0 aliphatic heterocycles. The Kier molecular flexibility index (Phi) is 43.9. The molecule has 0 aromatic rings. The molecule has 0 N–H and O–H groups in total. The lowest BCUT2D eigenvalue weighted by atomic mass is 10.1. The van der Waals surface area contributed by atoms with Gasteiger partial charge in [-0.05, 0) is 64.2 Å². The molecule has 0 aliphatic carbocycles. The SMILES string of the molecule is CCCC/C=C\CCCCCCCC(=O)OC(COC(=O)CCCCCCC/C=C\CCCCCCCCCCC)COC(=O)CCCCCCCCCCC. The fourth-order valence-corrected chi connectivity index (χ4v) is 6.95. The van der Waals surface area contributed by atoms with E-state index in [0.29, 0.717) is 19.3 Å². The number of unbranched alkanes of at least 4 members (excludes halogenated alkanes) is 29. The Morgan fingerprint density at radius 2 is 0.607 bits per heavy atom. The minimum Gasteiger partial charge on any atom is -0.462 e. The van der Waals surface area contributed by atoms with Gasteiger partial charge in [0.25, 0.3) is 0 Å². The molecule has 0 aromatic carbocycles. The molecule has 0 spiro atoms. The van der Waals surface area contributed by atoms with Crippen molar-refractivity contribution in [3.05, 3.63) is 24.3 Å². The second kappa shape index (κ2) is 45.6. The van der Waals surface area contributed by atoms with E-state index in [-0.39, 0.29) is 31.1 Å². The van der Waals surface area contributed by atoms with Crippen LogP contribution in [-0.4, -0.2) is 37.2 Å². The van der Waals surface area contributed by atoms with Gasteiger partial charge in [0, 0.05) is 19.3 Å². The summed E-state index contributed by atoms with van der Waals surface area (Å²) in [6.07, 6.45) is 50.2. The van der Waals surface area contributed by atoms with Gasteiger partial charge in [0.15, 0.2) is 6.10 Å². The van der Waals surface area contributed by atoms with Gasteiger partial charge in [-0.3, -0.25) is 14.4 Å². The summed E-state index contributed by atoms with van der Waals surface area (Å²) in [4.78, 5) is 37.7. The molecule has 0 aromatic heterocycles. The zero-order chi connectivity index (χ0) is 40.8. The number of esters is 3. The summed E-state index contributed by atoms with van der Waals surface area (Å²) < 4.78 is 16.7. The first-order valence-corrected chi connectivity index (χ1v) is 24.3. The second-order valence-corrected chi connectivity index (χ2v) is 16.4. The lowest BCUT2D eigenvalue weighted by Crippen LogP contribution is -2.30. The standard InChI is InChI=1S/C50H92O6/c1-4-7-10-13-16-19-21-22-23-24-25-26-27-29-31-34-37-40-43-49(52)55-46-47(45-54-48(51)42-39-36-33-30-18-15-12-9-6-3)56-50(53)44-41-38-35-32-28-20-17-14-11-8-5-2/h14,17,25-26,47H,4-13,15-16,18-24,27-46H2,1-3H3/b17-14-,26-25-. The van der Waals surface area contributed by atoms with Crippen LogP contribution in [0.4, 0.5) is 0 Å². The van der Waals surface area contributed by atoms with Crippen LogP contribution in [0.5, 0.6) is 0 Å². The summed E-state index contributed by atoms with van der Waals surface area (Å²) in [5.74, 6) is -0.889. The van der Waals surface area contributed by atoms with E-state index in [4.69, 9.17) is 14.2 Å². The molecule has 0 heterocycles. The maximum absolute atomic E-state index is 12.7. The van der Waals surface area contributed by atoms with Crippen molar-refractivity contribution < 1.29 is 28.6 Å². The molecular weight excluding hydrogens is 697 g/mol. The third-order valence-electron chi connectivity index (χ3n) is 10.7. The van der Waals surface area contributed by atoms with Crippen LogP contribution in [0.15, 0.2) is 24.3 Å². The van der Waals surface area contributed by atoms with Crippen LogP contribution < -0.4 is 0 Å². The van der Waals surface area contributed by atoms with Crippen LogP contribution in [0.3, 0.4) is 0 Å². The molecule has 0 amide bonds. The highest BCUT2D eigenvalue weighted by molar-refractivity contribution is 5.71. The van der Waals surface area contributed by atoms with Gasteiger partial charge in [0.05, 0.1) is 0 Å². The Labute approximate surface area is 347 Å². The summed E-state index contributed by atoms with van der Waals surface area (Å²) in [5.41, 5.74) is 0. The average Bonchev–Trinajstić information content (AvgIpc) is 3.19. The van der Waals surface area contributed by atoms with Gasteiger partial charge in [-0.2, -0.15) is 0 Å². The van der Waals surface area contributed by atoms with E-state index in [1.54, 1.807) is 0 Å². The van der Waals surface area contributed by atoms with Crippen molar-refractivity contribution >= 4 is 17.9 Å². The summed E-state index contributed by atoms with van der Waals surface area (Å²) in [5, 5.41) is 0. The number of ether oxygens (including phenoxy) is 3. The first kappa shape index (κ1) is 53.9. The monoisotopic (exact) mass is 789 g/mol. The van der Waals surface area contributed by atoms with E-state index in [2.05, 4.69) is 45.1 Å². The summed E-state index contributed by atoms with van der Waals surface area (Å²) in [6.45, 7) is 6.58. The van der Waals surface area contributed by atoms with Crippen molar-refractivity contribution in [3.63, 3.8) is 0 Å². The fourth-order valence-electron chi connectivity index (χ4n) is 6.95. The lowest BCUT2D eigenvalue weighted by Gasteiger charge is -2.18. The third-order valence-corrected chi connectivity index (χ3v) is 10.7. The summed E-state index contributed by atoms with van der Waals surface area (Å²) in [7, 11) is 0. The molecule has 0 radical (unpaired) electrons. The lowest BCUT2D eigenvalue weighted by molar-refractivity contribution is -0.167. The molecule has 0 fully saturated rings. The molecule has 6 heteroatoms. The van der Waals surface area contributed by atoms with Gasteiger partial charge in [0.2, 0.25) is 0 Å². The Balaban J connectivity index is 4.28. The highest BCUT2D eigenvalue weighted by Crippen LogP contribution is 2.15. The normalized spacial score (nSPS) is 12.1. The number of hydrogen-bond donors (Lipinski definition) is 0. The number of allylic oxidation sites excluding steroid dienone is 4. The minimum absolute atomic E-state index is 0.0747. The van der Waals surface area contributed by atoms with Crippen LogP contribution in [0.1, 0.15) is 258 Å². The van der Waals surface area contributed by atoms with Crippen molar-refractivity contribution in [3.8, 4) is 0 Å². The number of carbonyl (C=O) groups excluding carboxylic acids is 3. The van der Waals surface area contributed by atoms with E-state index in [1.807, 2.05) is 0 Å². The molecule has 6 nitrogen and oxygen atoms in total. The van der Waals surface area contributed by atoms with E-state index >= 15 is 0 Å². The second-order valence-electron chi connectivity index (χ2n) is 16.4. The fraction of sp³-hybridized carbons (Fsp3) is 0.860. The van der Waals surface area contributed by atoms with E-state index in [1.165, 1.54) is 141 Å². The van der Waals surface area contributed by atoms with Gasteiger partial charge < -0.3 is 14.2 Å². The molecule has 0 bridgehead atoms. The Hall–Kier alpha value is -2.11. The molecule has 328 valence electrons. The summed E-state index contributed by atoms with van der Waals surface area (Å²) >= 11 is 0. The molecule has 0 rings (SSSR count). The summed E-state index contributed by atoms with van der Waals surface area (Å²) in [6, 6.07) is 0. The van der Waals surface area contributed by atoms with Crippen molar-refractivity contribution in [2.45, 2.75) is 264 Å². The van der Waals surface area contributed by atoms with E-state index < -0.39 is 6.10 Å². The molecule has 0 saturated heterocycles. The first-order valence-electron chi connectivity index (χ1n) is 24.3.